The molecule has 1 heterocycles. The number of hydrogen-bond donors (Lipinski definition) is 1. The summed E-state index contributed by atoms with van der Waals surface area (Å²) >= 11 is 12.2. The van der Waals surface area contributed by atoms with Gasteiger partial charge in [-0.3, -0.25) is 13.9 Å². The van der Waals surface area contributed by atoms with Crippen LogP contribution in [0.4, 0.5) is 5.69 Å². The molecule has 1 N–H and O–H groups in total. The van der Waals surface area contributed by atoms with Gasteiger partial charge in [0.15, 0.2) is 11.5 Å². The number of carbonyl (C=O) groups excluding carboxylic acids is 2. The van der Waals surface area contributed by atoms with Crippen LogP contribution in [-0.4, -0.2) is 63.7 Å². The first kappa shape index (κ1) is 28.9. The Morgan fingerprint density at radius 1 is 1.05 bits per heavy atom. The zero-order valence-electron chi connectivity index (χ0n) is 21.0. The molecule has 0 saturated heterocycles. The molecule has 0 bridgehead atoms. The van der Waals surface area contributed by atoms with E-state index in [4.69, 9.17) is 32.7 Å². The van der Waals surface area contributed by atoms with Crippen LogP contribution in [0.3, 0.4) is 0 Å². The number of carbonyl (C=O) groups is 2. The lowest BCUT2D eigenvalue weighted by atomic mass is 10.1. The Hall–Kier alpha value is -2.69. The number of ether oxygens (including phenoxy) is 2. The number of unbranched alkanes of at least 4 members (excludes halogenated alkanes) is 1. The average molecular weight is 573 g/mol. The molecule has 9 nitrogen and oxygen atoms in total. The van der Waals surface area contributed by atoms with Crippen LogP contribution in [-0.2, 0) is 26.2 Å². The van der Waals surface area contributed by atoms with Gasteiger partial charge in [-0.15, -0.1) is 0 Å². The van der Waals surface area contributed by atoms with Gasteiger partial charge in [-0.2, -0.15) is 0 Å². The Labute approximate surface area is 227 Å². The number of rotatable bonds is 11. The van der Waals surface area contributed by atoms with Gasteiger partial charge in [0, 0.05) is 19.2 Å². The lowest BCUT2D eigenvalue weighted by Gasteiger charge is -2.32. The third-order valence-electron chi connectivity index (χ3n) is 5.83. The molecule has 2 aromatic rings. The van der Waals surface area contributed by atoms with E-state index < -0.39 is 28.5 Å². The smallest absolute Gasteiger partial charge is 0.244 e. The van der Waals surface area contributed by atoms with Crippen LogP contribution in [0.25, 0.3) is 0 Å². The van der Waals surface area contributed by atoms with Gasteiger partial charge in [-0.05, 0) is 43.2 Å². The van der Waals surface area contributed by atoms with Gasteiger partial charge in [-0.25, -0.2) is 8.42 Å². The zero-order chi connectivity index (χ0) is 27.2. The molecule has 0 radical (unpaired) electrons. The van der Waals surface area contributed by atoms with Gasteiger partial charge in [-0.1, -0.05) is 42.6 Å². The summed E-state index contributed by atoms with van der Waals surface area (Å²) in [5.74, 6) is -0.0220. The molecule has 0 aliphatic carbocycles. The number of halogens is 2. The normalized spacial score (nSPS) is 13.5. The van der Waals surface area contributed by atoms with Gasteiger partial charge in [0.05, 0.1) is 22.0 Å². The summed E-state index contributed by atoms with van der Waals surface area (Å²) in [5.41, 5.74) is 0.885. The standard InChI is InChI=1S/C25H31Cl2N3O6S/c1-4-5-10-28-25(32)17(2)29(15-18-6-8-20(26)21(27)13-18)24(31)16-30(37(3,33)34)19-7-9-22-23(14-19)36-12-11-35-22/h6-9,13-14,17H,4-5,10-12,15-16H2,1-3H3,(H,28,32)/t17-/m1/s1. The number of nitrogens with one attached hydrogen (secondary N) is 1. The summed E-state index contributed by atoms with van der Waals surface area (Å²) in [5, 5.41) is 3.50. The van der Waals surface area contributed by atoms with Gasteiger partial charge < -0.3 is 19.7 Å². The molecular formula is C25H31Cl2N3O6S. The van der Waals surface area contributed by atoms with Crippen molar-refractivity contribution < 1.29 is 27.5 Å². The third-order valence-corrected chi connectivity index (χ3v) is 7.71. The average Bonchev–Trinajstić information content (AvgIpc) is 2.86. The maximum absolute atomic E-state index is 13.6. The number of benzene rings is 2. The highest BCUT2D eigenvalue weighted by molar-refractivity contribution is 7.92. The largest absolute Gasteiger partial charge is 0.486 e. The van der Waals surface area contributed by atoms with Crippen LogP contribution in [0, 0.1) is 0 Å². The van der Waals surface area contributed by atoms with Crippen LogP contribution < -0.4 is 19.1 Å². The number of sulfonamides is 1. The number of amides is 2. The van der Waals surface area contributed by atoms with Crippen molar-refractivity contribution in [3.8, 4) is 11.5 Å². The van der Waals surface area contributed by atoms with E-state index in [1.807, 2.05) is 6.92 Å². The maximum atomic E-state index is 13.6. The molecule has 3 rings (SSSR count). The van der Waals surface area contributed by atoms with Crippen molar-refractivity contribution in [3.05, 3.63) is 52.0 Å². The first-order valence-electron chi connectivity index (χ1n) is 11.9. The van der Waals surface area contributed by atoms with Gasteiger partial charge >= 0.3 is 0 Å². The first-order valence-corrected chi connectivity index (χ1v) is 14.5. The Morgan fingerprint density at radius 2 is 1.76 bits per heavy atom. The van der Waals surface area contributed by atoms with Crippen molar-refractivity contribution in [1.29, 1.82) is 0 Å². The Kier molecular flexibility index (Phi) is 9.92. The Bertz CT molecular complexity index is 1240. The monoisotopic (exact) mass is 571 g/mol. The Morgan fingerprint density at radius 3 is 2.41 bits per heavy atom. The molecule has 0 aromatic heterocycles. The number of nitrogens with zero attached hydrogens (tertiary/aromatic N) is 2. The van der Waals surface area contributed by atoms with Gasteiger partial charge in [0.25, 0.3) is 0 Å². The second kappa shape index (κ2) is 12.7. The maximum Gasteiger partial charge on any atom is 0.244 e. The summed E-state index contributed by atoms with van der Waals surface area (Å²) in [4.78, 5) is 27.8. The molecule has 1 aliphatic rings. The molecule has 1 atom stereocenters. The van der Waals surface area contributed by atoms with E-state index in [0.717, 1.165) is 23.4 Å². The molecule has 0 spiro atoms. The fraction of sp³-hybridized carbons (Fsp3) is 0.440. The highest BCUT2D eigenvalue weighted by atomic mass is 35.5. The van der Waals surface area contributed by atoms with E-state index >= 15 is 0 Å². The molecule has 202 valence electrons. The van der Waals surface area contributed by atoms with Gasteiger partial charge in [0.1, 0.15) is 25.8 Å². The molecule has 0 unspecified atom stereocenters. The molecular weight excluding hydrogens is 541 g/mol. The number of hydrogen-bond acceptors (Lipinski definition) is 6. The van der Waals surface area contributed by atoms with Gasteiger partial charge in [0.2, 0.25) is 21.8 Å². The summed E-state index contributed by atoms with van der Waals surface area (Å²) < 4.78 is 37.6. The highest BCUT2D eigenvalue weighted by Gasteiger charge is 2.30. The first-order chi connectivity index (χ1) is 17.5. The minimum atomic E-state index is -3.87. The van der Waals surface area contributed by atoms with Crippen LogP contribution in [0.1, 0.15) is 32.3 Å². The van der Waals surface area contributed by atoms with E-state index in [1.165, 1.54) is 11.0 Å². The lowest BCUT2D eigenvalue weighted by Crippen LogP contribution is -2.51. The summed E-state index contributed by atoms with van der Waals surface area (Å²) in [6.45, 7) is 4.31. The van der Waals surface area contributed by atoms with Crippen molar-refractivity contribution in [3.63, 3.8) is 0 Å². The molecule has 2 amide bonds. The Balaban J connectivity index is 1.90. The van der Waals surface area contributed by atoms with Crippen molar-refractivity contribution >= 4 is 50.7 Å². The lowest BCUT2D eigenvalue weighted by molar-refractivity contribution is -0.139. The minimum absolute atomic E-state index is 0.0246. The zero-order valence-corrected chi connectivity index (χ0v) is 23.3. The fourth-order valence-corrected chi connectivity index (χ4v) is 4.92. The quantitative estimate of drug-likeness (QED) is 0.410. The number of anilines is 1. The summed E-state index contributed by atoms with van der Waals surface area (Å²) in [7, 11) is -3.87. The van der Waals surface area contributed by atoms with Crippen LogP contribution in [0.2, 0.25) is 10.0 Å². The minimum Gasteiger partial charge on any atom is -0.486 e. The van der Waals surface area contributed by atoms with Crippen LogP contribution in [0.15, 0.2) is 36.4 Å². The van der Waals surface area contributed by atoms with E-state index in [2.05, 4.69) is 5.32 Å². The second-order valence-corrected chi connectivity index (χ2v) is 11.4. The topological polar surface area (TPSA) is 105 Å². The van der Waals surface area contributed by atoms with Crippen molar-refractivity contribution in [2.75, 3.05) is 36.9 Å². The summed E-state index contributed by atoms with van der Waals surface area (Å²) in [6.07, 6.45) is 2.71. The van der Waals surface area contributed by atoms with Crippen molar-refractivity contribution in [2.45, 2.75) is 39.3 Å². The molecule has 0 saturated carbocycles. The van der Waals surface area contributed by atoms with Crippen LogP contribution >= 0.6 is 23.2 Å². The van der Waals surface area contributed by atoms with E-state index in [-0.39, 0.29) is 18.1 Å². The predicted octanol–water partition coefficient (Wildman–Crippen LogP) is 3.86. The molecule has 37 heavy (non-hydrogen) atoms. The van der Waals surface area contributed by atoms with Crippen LogP contribution in [0.5, 0.6) is 11.5 Å². The van der Waals surface area contributed by atoms with E-state index in [0.29, 0.717) is 46.9 Å². The molecule has 2 aromatic carbocycles. The predicted molar refractivity (Wildman–Crippen MR) is 144 cm³/mol. The number of fused-ring (bicyclic) bond motifs is 1. The molecule has 0 fully saturated rings. The fourth-order valence-electron chi connectivity index (χ4n) is 3.75. The van der Waals surface area contributed by atoms with E-state index in [1.54, 1.807) is 37.3 Å². The molecule has 12 heteroatoms. The molecule has 1 aliphatic heterocycles. The second-order valence-electron chi connectivity index (χ2n) is 8.69. The van der Waals surface area contributed by atoms with Crippen molar-refractivity contribution in [2.24, 2.45) is 0 Å². The summed E-state index contributed by atoms with van der Waals surface area (Å²) in [6, 6.07) is 8.71. The van der Waals surface area contributed by atoms with Crippen molar-refractivity contribution in [1.82, 2.24) is 10.2 Å². The van der Waals surface area contributed by atoms with E-state index in [9.17, 15) is 18.0 Å². The highest BCUT2D eigenvalue weighted by Crippen LogP contribution is 2.34. The SMILES string of the molecule is CCCCNC(=O)[C@@H](C)N(Cc1ccc(Cl)c(Cl)c1)C(=O)CN(c1ccc2c(c1)OCCO2)S(C)(=O)=O. The third kappa shape index (κ3) is 7.66.